The van der Waals surface area contributed by atoms with E-state index in [0.29, 0.717) is 0 Å². The van der Waals surface area contributed by atoms with Crippen molar-refractivity contribution in [1.29, 1.82) is 0 Å². The number of benzene rings is 2. The van der Waals surface area contributed by atoms with Gasteiger partial charge in [0.25, 0.3) is 0 Å². The standard InChI is InChI=1S/C18H19NO/c19-16-11-18(20-17-4-2-1-3-15(16)17)14-9-7-13(8-10-14)12-5-6-12/h1-4,7-10,12,16,18H,5-6,11,19H2/t16-,18?/m0/s1. The largest absolute Gasteiger partial charge is 0.485 e. The second-order valence-electron chi connectivity index (χ2n) is 5.93. The van der Waals surface area contributed by atoms with Gasteiger partial charge in [0, 0.05) is 18.0 Å². The molecule has 2 aromatic carbocycles. The fourth-order valence-corrected chi connectivity index (χ4v) is 3.06. The molecule has 0 bridgehead atoms. The van der Waals surface area contributed by atoms with E-state index in [-0.39, 0.29) is 12.1 Å². The van der Waals surface area contributed by atoms with Crippen molar-refractivity contribution in [2.24, 2.45) is 5.73 Å². The molecule has 1 fully saturated rings. The van der Waals surface area contributed by atoms with Crippen molar-refractivity contribution < 1.29 is 4.74 Å². The van der Waals surface area contributed by atoms with E-state index >= 15 is 0 Å². The van der Waals surface area contributed by atoms with Crippen molar-refractivity contribution in [2.75, 3.05) is 0 Å². The molecular formula is C18H19NO. The Hall–Kier alpha value is -1.80. The van der Waals surface area contributed by atoms with Gasteiger partial charge < -0.3 is 10.5 Å². The molecule has 0 spiro atoms. The van der Waals surface area contributed by atoms with Gasteiger partial charge in [-0.2, -0.15) is 0 Å². The molecule has 20 heavy (non-hydrogen) atoms. The third kappa shape index (κ3) is 2.10. The van der Waals surface area contributed by atoms with Crippen LogP contribution in [0.4, 0.5) is 0 Å². The van der Waals surface area contributed by atoms with Crippen LogP contribution < -0.4 is 10.5 Å². The molecule has 2 aliphatic rings. The van der Waals surface area contributed by atoms with Crippen LogP contribution in [0.15, 0.2) is 48.5 Å². The Bertz CT molecular complexity index is 616. The van der Waals surface area contributed by atoms with Crippen molar-refractivity contribution >= 4 is 0 Å². The van der Waals surface area contributed by atoms with E-state index in [4.69, 9.17) is 10.5 Å². The number of hydrogen-bond acceptors (Lipinski definition) is 2. The van der Waals surface area contributed by atoms with Crippen LogP contribution in [0.1, 0.15) is 54.0 Å². The predicted molar refractivity (Wildman–Crippen MR) is 79.8 cm³/mol. The molecule has 0 aromatic heterocycles. The molecule has 102 valence electrons. The number of para-hydroxylation sites is 1. The summed E-state index contributed by atoms with van der Waals surface area (Å²) in [6.45, 7) is 0. The lowest BCUT2D eigenvalue weighted by atomic mass is 9.93. The topological polar surface area (TPSA) is 35.2 Å². The van der Waals surface area contributed by atoms with E-state index in [1.807, 2.05) is 18.2 Å². The summed E-state index contributed by atoms with van der Waals surface area (Å²) in [6.07, 6.45) is 3.61. The summed E-state index contributed by atoms with van der Waals surface area (Å²) in [4.78, 5) is 0. The average Bonchev–Trinajstić information content (AvgIpc) is 3.32. The molecule has 2 aromatic rings. The van der Waals surface area contributed by atoms with Gasteiger partial charge in [-0.15, -0.1) is 0 Å². The van der Waals surface area contributed by atoms with Gasteiger partial charge in [0.05, 0.1) is 0 Å². The van der Waals surface area contributed by atoms with E-state index in [0.717, 1.165) is 23.7 Å². The number of rotatable bonds is 2. The Balaban J connectivity index is 1.60. The number of ether oxygens (including phenoxy) is 1. The van der Waals surface area contributed by atoms with Crippen LogP contribution in [0.2, 0.25) is 0 Å². The molecule has 0 saturated heterocycles. The van der Waals surface area contributed by atoms with Gasteiger partial charge in [-0.05, 0) is 36.0 Å². The Morgan fingerprint density at radius 1 is 0.900 bits per heavy atom. The van der Waals surface area contributed by atoms with Crippen LogP contribution in [0, 0.1) is 0 Å². The van der Waals surface area contributed by atoms with E-state index in [9.17, 15) is 0 Å². The molecule has 0 amide bonds. The zero-order valence-corrected chi connectivity index (χ0v) is 11.5. The maximum absolute atomic E-state index is 6.28. The lowest BCUT2D eigenvalue weighted by Gasteiger charge is -2.30. The molecule has 1 saturated carbocycles. The summed E-state index contributed by atoms with van der Waals surface area (Å²) in [6, 6.07) is 17.1. The Labute approximate surface area is 119 Å². The Kier molecular flexibility index (Phi) is 2.78. The highest BCUT2D eigenvalue weighted by Crippen LogP contribution is 2.42. The first-order valence-electron chi connectivity index (χ1n) is 7.42. The quantitative estimate of drug-likeness (QED) is 0.887. The maximum Gasteiger partial charge on any atom is 0.126 e. The minimum Gasteiger partial charge on any atom is -0.485 e. The molecule has 1 aliphatic carbocycles. The summed E-state index contributed by atoms with van der Waals surface area (Å²) >= 11 is 0. The van der Waals surface area contributed by atoms with Crippen LogP contribution in [0.5, 0.6) is 5.75 Å². The molecular weight excluding hydrogens is 246 g/mol. The van der Waals surface area contributed by atoms with Gasteiger partial charge in [-0.3, -0.25) is 0 Å². The van der Waals surface area contributed by atoms with Crippen molar-refractivity contribution in [3.8, 4) is 5.75 Å². The highest BCUT2D eigenvalue weighted by atomic mass is 16.5. The number of nitrogens with two attached hydrogens (primary N) is 1. The minimum atomic E-state index is 0.0630. The van der Waals surface area contributed by atoms with Crippen LogP contribution >= 0.6 is 0 Å². The molecule has 2 N–H and O–H groups in total. The highest BCUT2D eigenvalue weighted by Gasteiger charge is 2.27. The van der Waals surface area contributed by atoms with Crippen LogP contribution in [-0.4, -0.2) is 0 Å². The molecule has 2 atom stereocenters. The first-order valence-corrected chi connectivity index (χ1v) is 7.42. The van der Waals surface area contributed by atoms with Crippen molar-refractivity contribution in [2.45, 2.75) is 37.3 Å². The van der Waals surface area contributed by atoms with Gasteiger partial charge >= 0.3 is 0 Å². The third-order valence-corrected chi connectivity index (χ3v) is 4.41. The van der Waals surface area contributed by atoms with Crippen LogP contribution in [-0.2, 0) is 0 Å². The SMILES string of the molecule is N[C@H]1CC(c2ccc(C3CC3)cc2)Oc2ccccc21. The van der Waals surface area contributed by atoms with Gasteiger partial charge in [-0.1, -0.05) is 42.5 Å². The molecule has 4 rings (SSSR count). The molecule has 2 nitrogen and oxygen atoms in total. The van der Waals surface area contributed by atoms with Gasteiger partial charge in [0.15, 0.2) is 0 Å². The summed E-state index contributed by atoms with van der Waals surface area (Å²) in [5.74, 6) is 1.74. The molecule has 0 radical (unpaired) electrons. The van der Waals surface area contributed by atoms with Crippen molar-refractivity contribution in [3.05, 3.63) is 65.2 Å². The second-order valence-corrected chi connectivity index (χ2v) is 5.93. The van der Waals surface area contributed by atoms with Crippen molar-refractivity contribution in [3.63, 3.8) is 0 Å². The first kappa shape index (κ1) is 12.0. The fraction of sp³-hybridized carbons (Fsp3) is 0.333. The lowest BCUT2D eigenvalue weighted by Crippen LogP contribution is -2.24. The Morgan fingerprint density at radius 2 is 1.60 bits per heavy atom. The average molecular weight is 265 g/mol. The number of hydrogen-bond donors (Lipinski definition) is 1. The van der Waals surface area contributed by atoms with Gasteiger partial charge in [0.2, 0.25) is 0 Å². The van der Waals surface area contributed by atoms with E-state index in [2.05, 4.69) is 30.3 Å². The number of fused-ring (bicyclic) bond motifs is 1. The molecule has 1 aliphatic heterocycles. The summed E-state index contributed by atoms with van der Waals surface area (Å²) in [5, 5.41) is 0. The highest BCUT2D eigenvalue weighted by molar-refractivity contribution is 5.39. The van der Waals surface area contributed by atoms with Crippen molar-refractivity contribution in [1.82, 2.24) is 0 Å². The van der Waals surface area contributed by atoms with E-state index in [1.165, 1.54) is 24.0 Å². The molecule has 2 heteroatoms. The van der Waals surface area contributed by atoms with E-state index in [1.54, 1.807) is 0 Å². The summed E-state index contributed by atoms with van der Waals surface area (Å²) in [7, 11) is 0. The zero-order chi connectivity index (χ0) is 13.5. The third-order valence-electron chi connectivity index (χ3n) is 4.41. The van der Waals surface area contributed by atoms with Crippen LogP contribution in [0.3, 0.4) is 0 Å². The van der Waals surface area contributed by atoms with Crippen LogP contribution in [0.25, 0.3) is 0 Å². The fourth-order valence-electron chi connectivity index (χ4n) is 3.06. The minimum absolute atomic E-state index is 0.0630. The summed E-state index contributed by atoms with van der Waals surface area (Å²) in [5.41, 5.74) is 10.1. The predicted octanol–water partition coefficient (Wildman–Crippen LogP) is 4.09. The smallest absolute Gasteiger partial charge is 0.126 e. The van der Waals surface area contributed by atoms with Gasteiger partial charge in [-0.25, -0.2) is 0 Å². The van der Waals surface area contributed by atoms with E-state index < -0.39 is 0 Å². The lowest BCUT2D eigenvalue weighted by molar-refractivity contribution is 0.161. The molecule has 1 unspecified atom stereocenters. The zero-order valence-electron chi connectivity index (χ0n) is 11.5. The second kappa shape index (κ2) is 4.64. The monoisotopic (exact) mass is 265 g/mol. The molecule has 1 heterocycles. The van der Waals surface area contributed by atoms with Gasteiger partial charge in [0.1, 0.15) is 11.9 Å². The first-order chi connectivity index (χ1) is 9.81. The Morgan fingerprint density at radius 3 is 2.35 bits per heavy atom. The summed E-state index contributed by atoms with van der Waals surface area (Å²) < 4.78 is 6.12. The maximum atomic E-state index is 6.28. The normalized spacial score (nSPS) is 24.9.